The summed E-state index contributed by atoms with van der Waals surface area (Å²) in [7, 11) is 0. The molecule has 29 heavy (non-hydrogen) atoms. The van der Waals surface area contributed by atoms with Crippen LogP contribution in [0.4, 0.5) is 0 Å². The summed E-state index contributed by atoms with van der Waals surface area (Å²) in [6.07, 6.45) is 0. The lowest BCUT2D eigenvalue weighted by molar-refractivity contribution is 0.0619. The Bertz CT molecular complexity index is 942. The Hall–Kier alpha value is -2.92. The Morgan fingerprint density at radius 3 is 2.17 bits per heavy atom. The van der Waals surface area contributed by atoms with Gasteiger partial charge in [-0.1, -0.05) is 62.4 Å². The molecule has 1 saturated heterocycles. The number of carbonyl (C=O) groups is 1. The average molecular weight is 389 g/mol. The lowest BCUT2D eigenvalue weighted by Crippen LogP contribution is -2.48. The van der Waals surface area contributed by atoms with Gasteiger partial charge >= 0.3 is 0 Å². The maximum atomic E-state index is 13.3. The van der Waals surface area contributed by atoms with E-state index in [1.54, 1.807) is 4.68 Å². The molecule has 0 saturated carbocycles. The smallest absolute Gasteiger partial charge is 0.272 e. The summed E-state index contributed by atoms with van der Waals surface area (Å²) in [6.45, 7) is 8.39. The van der Waals surface area contributed by atoms with E-state index in [9.17, 15) is 4.79 Å². The molecular weight excluding hydrogens is 360 g/mol. The number of nitrogens with zero attached hydrogens (tertiary/aromatic N) is 4. The van der Waals surface area contributed by atoms with E-state index in [1.165, 1.54) is 5.56 Å². The quantitative estimate of drug-likeness (QED) is 0.664. The Labute approximate surface area is 172 Å². The molecule has 0 spiro atoms. The van der Waals surface area contributed by atoms with Crippen molar-refractivity contribution in [2.24, 2.45) is 0 Å². The van der Waals surface area contributed by atoms with Crippen LogP contribution in [0.5, 0.6) is 0 Å². The van der Waals surface area contributed by atoms with Crippen LogP contribution in [-0.4, -0.2) is 51.7 Å². The summed E-state index contributed by atoms with van der Waals surface area (Å²) in [5, 5.41) is 4.73. The molecule has 1 aliphatic heterocycles. The highest BCUT2D eigenvalue weighted by atomic mass is 16.2. The molecule has 2 aromatic carbocycles. The van der Waals surface area contributed by atoms with Gasteiger partial charge in [-0.15, -0.1) is 0 Å². The first-order chi connectivity index (χ1) is 14.1. The highest BCUT2D eigenvalue weighted by Crippen LogP contribution is 2.20. The van der Waals surface area contributed by atoms with Crippen molar-refractivity contribution in [3.63, 3.8) is 0 Å². The minimum absolute atomic E-state index is 0.0626. The van der Waals surface area contributed by atoms with Crippen LogP contribution in [0.3, 0.4) is 0 Å². The molecule has 4 rings (SSSR count). The van der Waals surface area contributed by atoms with Crippen LogP contribution in [0, 0.1) is 0 Å². The third-order valence-corrected chi connectivity index (χ3v) is 5.45. The fraction of sp³-hybridized carbons (Fsp3) is 0.333. The molecule has 0 bridgehead atoms. The van der Waals surface area contributed by atoms with E-state index in [0.29, 0.717) is 5.69 Å². The number of piperazine rings is 1. The molecule has 2 heterocycles. The molecular formula is C24H28N4O. The highest BCUT2D eigenvalue weighted by molar-refractivity contribution is 5.93. The molecule has 0 radical (unpaired) electrons. The highest BCUT2D eigenvalue weighted by Gasteiger charge is 2.26. The number of amides is 1. The summed E-state index contributed by atoms with van der Waals surface area (Å²) in [5.41, 5.74) is 3.83. The van der Waals surface area contributed by atoms with E-state index in [0.717, 1.165) is 44.1 Å². The van der Waals surface area contributed by atoms with Crippen LogP contribution in [0.2, 0.25) is 0 Å². The second-order valence-electron chi connectivity index (χ2n) is 7.91. The van der Waals surface area contributed by atoms with Crippen molar-refractivity contribution in [1.82, 2.24) is 19.6 Å². The van der Waals surface area contributed by atoms with Gasteiger partial charge in [0.2, 0.25) is 0 Å². The van der Waals surface area contributed by atoms with Crippen molar-refractivity contribution in [3.05, 3.63) is 83.7 Å². The predicted molar refractivity (Wildman–Crippen MR) is 115 cm³/mol. The molecule has 0 aliphatic carbocycles. The normalized spacial score (nSPS) is 15.1. The van der Waals surface area contributed by atoms with E-state index >= 15 is 0 Å². The number of benzene rings is 2. The Morgan fingerprint density at radius 2 is 1.55 bits per heavy atom. The second kappa shape index (κ2) is 8.62. The first kappa shape index (κ1) is 19.4. The van der Waals surface area contributed by atoms with Crippen LogP contribution in [-0.2, 0) is 6.54 Å². The molecule has 0 unspecified atom stereocenters. The van der Waals surface area contributed by atoms with Crippen molar-refractivity contribution >= 4 is 5.91 Å². The van der Waals surface area contributed by atoms with Gasteiger partial charge in [0.1, 0.15) is 5.69 Å². The van der Waals surface area contributed by atoms with Crippen molar-refractivity contribution in [1.29, 1.82) is 0 Å². The van der Waals surface area contributed by atoms with Gasteiger partial charge in [0, 0.05) is 32.7 Å². The fourth-order valence-electron chi connectivity index (χ4n) is 3.71. The van der Waals surface area contributed by atoms with Gasteiger partial charge in [0.25, 0.3) is 5.91 Å². The number of hydrogen-bond acceptors (Lipinski definition) is 3. The number of aromatic nitrogens is 2. The molecule has 1 aromatic heterocycles. The predicted octanol–water partition coefficient (Wildman–Crippen LogP) is 3.95. The molecule has 0 N–H and O–H groups in total. The topological polar surface area (TPSA) is 41.4 Å². The third-order valence-electron chi connectivity index (χ3n) is 5.45. The first-order valence-electron chi connectivity index (χ1n) is 10.3. The third kappa shape index (κ3) is 4.40. The van der Waals surface area contributed by atoms with E-state index < -0.39 is 0 Å². The van der Waals surface area contributed by atoms with E-state index in [2.05, 4.69) is 43.0 Å². The molecule has 5 nitrogen and oxygen atoms in total. The zero-order valence-corrected chi connectivity index (χ0v) is 17.2. The van der Waals surface area contributed by atoms with Crippen molar-refractivity contribution in [2.75, 3.05) is 26.2 Å². The number of para-hydroxylation sites is 1. The average Bonchev–Trinajstić information content (AvgIpc) is 3.21. The molecule has 1 amide bonds. The molecule has 0 atom stereocenters. The minimum Gasteiger partial charge on any atom is -0.335 e. The fourth-order valence-corrected chi connectivity index (χ4v) is 3.71. The summed E-state index contributed by atoms with van der Waals surface area (Å²) < 4.78 is 1.80. The molecule has 1 fully saturated rings. The van der Waals surface area contributed by atoms with Gasteiger partial charge in [0.05, 0.1) is 11.4 Å². The zero-order chi connectivity index (χ0) is 20.2. The summed E-state index contributed by atoms with van der Waals surface area (Å²) in [5.74, 6) is 0.335. The first-order valence-corrected chi connectivity index (χ1v) is 10.3. The van der Waals surface area contributed by atoms with E-state index in [4.69, 9.17) is 5.10 Å². The van der Waals surface area contributed by atoms with Gasteiger partial charge in [0.15, 0.2) is 0 Å². The molecule has 1 aliphatic rings. The van der Waals surface area contributed by atoms with Crippen molar-refractivity contribution in [3.8, 4) is 5.69 Å². The van der Waals surface area contributed by atoms with Crippen molar-refractivity contribution in [2.45, 2.75) is 26.3 Å². The Kier molecular flexibility index (Phi) is 5.76. The van der Waals surface area contributed by atoms with Gasteiger partial charge < -0.3 is 4.90 Å². The van der Waals surface area contributed by atoms with Crippen LogP contribution in [0.25, 0.3) is 5.69 Å². The van der Waals surface area contributed by atoms with Gasteiger partial charge in [-0.25, -0.2) is 4.68 Å². The van der Waals surface area contributed by atoms with Crippen LogP contribution >= 0.6 is 0 Å². The maximum Gasteiger partial charge on any atom is 0.272 e. The van der Waals surface area contributed by atoms with Crippen LogP contribution in [0.15, 0.2) is 66.7 Å². The largest absolute Gasteiger partial charge is 0.335 e. The number of carbonyl (C=O) groups excluding carboxylic acids is 1. The minimum atomic E-state index is 0.0626. The lowest BCUT2D eigenvalue weighted by atomic mass is 10.1. The molecule has 150 valence electrons. The van der Waals surface area contributed by atoms with Gasteiger partial charge in [-0.05, 0) is 29.7 Å². The van der Waals surface area contributed by atoms with Crippen LogP contribution in [0.1, 0.15) is 41.5 Å². The number of rotatable bonds is 5. The maximum absolute atomic E-state index is 13.3. The zero-order valence-electron chi connectivity index (χ0n) is 17.2. The molecule has 3 aromatic rings. The second-order valence-corrected chi connectivity index (χ2v) is 7.91. The van der Waals surface area contributed by atoms with Crippen molar-refractivity contribution < 1.29 is 4.79 Å². The summed E-state index contributed by atoms with van der Waals surface area (Å²) in [4.78, 5) is 17.7. The standard InChI is InChI=1S/C24H28N4O/c1-19(2)22-17-23(28(25-22)21-11-7-4-8-12-21)24(29)27-15-13-26(14-16-27)18-20-9-5-3-6-10-20/h3-12,17,19H,13-16,18H2,1-2H3. The summed E-state index contributed by atoms with van der Waals surface area (Å²) in [6, 6.07) is 22.4. The van der Waals surface area contributed by atoms with E-state index in [-0.39, 0.29) is 11.8 Å². The van der Waals surface area contributed by atoms with Crippen LogP contribution < -0.4 is 0 Å². The Balaban J connectivity index is 1.49. The summed E-state index contributed by atoms with van der Waals surface area (Å²) >= 11 is 0. The van der Waals surface area contributed by atoms with E-state index in [1.807, 2.05) is 47.4 Å². The van der Waals surface area contributed by atoms with Gasteiger partial charge in [-0.2, -0.15) is 5.10 Å². The number of hydrogen-bond donors (Lipinski definition) is 0. The molecule has 5 heteroatoms. The SMILES string of the molecule is CC(C)c1cc(C(=O)N2CCN(Cc3ccccc3)CC2)n(-c2ccccc2)n1. The monoisotopic (exact) mass is 388 g/mol. The van der Waals surface area contributed by atoms with Gasteiger partial charge in [-0.3, -0.25) is 9.69 Å². The Morgan fingerprint density at radius 1 is 0.931 bits per heavy atom. The lowest BCUT2D eigenvalue weighted by Gasteiger charge is -2.34.